The van der Waals surface area contributed by atoms with Gasteiger partial charge in [0.25, 0.3) is 0 Å². The van der Waals surface area contributed by atoms with Crippen LogP contribution in [0.5, 0.6) is 0 Å². The molecule has 0 bridgehead atoms. The summed E-state index contributed by atoms with van der Waals surface area (Å²) in [6.07, 6.45) is 22.1. The van der Waals surface area contributed by atoms with Crippen molar-refractivity contribution in [3.63, 3.8) is 0 Å². The maximum Gasteiger partial charge on any atom is 0.407 e. The number of aromatic nitrogens is 1. The van der Waals surface area contributed by atoms with Crippen LogP contribution in [0.1, 0.15) is 128 Å². The summed E-state index contributed by atoms with van der Waals surface area (Å²) in [7, 11) is 1.38. The standard InChI is InChI=1S/C30H52N2O4.HI/c1-4-6-7-8-9-10-11-12-13-14-15-16-17-18-22-35-25-26-23-29(36-26)27-20-19-21-32(5-2)28(27)24-31-30(33)34-3;/h19-21,26,29H,4-18,22-25H2,1-3H3;1H. The number of carbonyl (C=O) groups is 1. The minimum Gasteiger partial charge on any atom is -1.00 e. The zero-order chi connectivity index (χ0) is 25.8. The van der Waals surface area contributed by atoms with Crippen molar-refractivity contribution in [3.05, 3.63) is 29.6 Å². The second-order valence-electron chi connectivity index (χ2n) is 10.2. The molecule has 1 N–H and O–H groups in total. The molecule has 1 aromatic rings. The number of pyridine rings is 1. The summed E-state index contributed by atoms with van der Waals surface area (Å²) in [5.74, 6) is 0. The summed E-state index contributed by atoms with van der Waals surface area (Å²) in [4.78, 5) is 11.5. The van der Waals surface area contributed by atoms with Crippen LogP contribution in [-0.2, 0) is 27.3 Å². The van der Waals surface area contributed by atoms with Gasteiger partial charge in [0, 0.05) is 19.1 Å². The van der Waals surface area contributed by atoms with Crippen LogP contribution in [0.4, 0.5) is 4.79 Å². The zero-order valence-corrected chi connectivity index (χ0v) is 25.9. The summed E-state index contributed by atoms with van der Waals surface area (Å²) in [6.45, 7) is 7.15. The predicted molar refractivity (Wildman–Crippen MR) is 145 cm³/mol. The molecule has 2 unspecified atom stereocenters. The average Bonchev–Trinajstić information content (AvgIpc) is 2.87. The van der Waals surface area contributed by atoms with E-state index in [0.29, 0.717) is 13.2 Å². The minimum absolute atomic E-state index is 0. The Hall–Kier alpha value is -0.930. The number of nitrogens with zero attached hydrogens (tertiary/aromatic N) is 1. The molecule has 1 aliphatic heterocycles. The highest BCUT2D eigenvalue weighted by molar-refractivity contribution is 5.66. The highest BCUT2D eigenvalue weighted by atomic mass is 127. The number of methoxy groups -OCH3 is 1. The molecule has 1 aromatic heterocycles. The molecular formula is C30H53IN2O4. The Morgan fingerprint density at radius 3 is 2.08 bits per heavy atom. The number of unbranched alkanes of at least 4 members (excludes halogenated alkanes) is 13. The lowest BCUT2D eigenvalue weighted by Crippen LogP contribution is -3.00. The van der Waals surface area contributed by atoms with Gasteiger partial charge < -0.3 is 43.5 Å². The largest absolute Gasteiger partial charge is 1.00 e. The van der Waals surface area contributed by atoms with Crippen molar-refractivity contribution >= 4 is 6.09 Å². The number of rotatable bonds is 21. The van der Waals surface area contributed by atoms with Gasteiger partial charge in [0.05, 0.1) is 31.5 Å². The van der Waals surface area contributed by atoms with Gasteiger partial charge >= 0.3 is 6.09 Å². The van der Waals surface area contributed by atoms with Crippen LogP contribution < -0.4 is 33.9 Å². The van der Waals surface area contributed by atoms with Crippen LogP contribution >= 0.6 is 0 Å². The number of amides is 1. The van der Waals surface area contributed by atoms with E-state index < -0.39 is 6.09 Å². The molecule has 1 saturated heterocycles. The normalized spacial score (nSPS) is 16.6. The van der Waals surface area contributed by atoms with Gasteiger partial charge in [-0.05, 0) is 19.4 Å². The summed E-state index contributed by atoms with van der Waals surface area (Å²) < 4.78 is 18.9. The molecule has 2 atom stereocenters. The quantitative estimate of drug-likeness (QED) is 0.126. The van der Waals surface area contributed by atoms with Crippen LogP contribution in [0.25, 0.3) is 0 Å². The lowest BCUT2D eigenvalue weighted by atomic mass is 9.96. The fourth-order valence-electron chi connectivity index (χ4n) is 5.00. The van der Waals surface area contributed by atoms with Gasteiger partial charge in [-0.2, -0.15) is 0 Å². The molecule has 6 nitrogen and oxygen atoms in total. The van der Waals surface area contributed by atoms with Gasteiger partial charge in [-0.3, -0.25) is 0 Å². The van der Waals surface area contributed by atoms with E-state index >= 15 is 0 Å². The molecule has 0 radical (unpaired) electrons. The molecular weight excluding hydrogens is 579 g/mol. The molecule has 7 heteroatoms. The van der Waals surface area contributed by atoms with Crippen LogP contribution in [0.15, 0.2) is 18.3 Å². The van der Waals surface area contributed by atoms with Crippen LogP contribution in [-0.4, -0.2) is 32.5 Å². The van der Waals surface area contributed by atoms with Gasteiger partial charge in [-0.1, -0.05) is 90.4 Å². The fourth-order valence-corrected chi connectivity index (χ4v) is 5.00. The molecule has 214 valence electrons. The third-order valence-corrected chi connectivity index (χ3v) is 7.27. The smallest absolute Gasteiger partial charge is 0.407 e. The average molecular weight is 633 g/mol. The summed E-state index contributed by atoms with van der Waals surface area (Å²) in [5.41, 5.74) is 2.20. The SMILES string of the molecule is CCCCCCCCCCCCCCCCOCC1CC(c2ccc[n+](CC)c2CNC(=O)OC)O1.[I-]. The van der Waals surface area contributed by atoms with Crippen molar-refractivity contribution in [1.29, 1.82) is 0 Å². The first-order valence-electron chi connectivity index (χ1n) is 14.8. The van der Waals surface area contributed by atoms with Crippen molar-refractivity contribution in [2.24, 2.45) is 0 Å². The predicted octanol–water partition coefficient (Wildman–Crippen LogP) is 4.18. The first-order valence-corrected chi connectivity index (χ1v) is 14.8. The van der Waals surface area contributed by atoms with E-state index in [9.17, 15) is 4.79 Å². The number of alkyl carbamates (subject to hydrolysis) is 1. The van der Waals surface area contributed by atoms with Crippen LogP contribution in [0.2, 0.25) is 0 Å². The van der Waals surface area contributed by atoms with Gasteiger partial charge in [0.1, 0.15) is 13.1 Å². The zero-order valence-electron chi connectivity index (χ0n) is 23.8. The number of ether oxygens (including phenoxy) is 3. The van der Waals surface area contributed by atoms with Gasteiger partial charge in [-0.15, -0.1) is 0 Å². The van der Waals surface area contributed by atoms with Crippen molar-refractivity contribution in [2.75, 3.05) is 20.3 Å². The molecule has 2 heterocycles. The molecule has 1 amide bonds. The second kappa shape index (κ2) is 21.9. The first kappa shape index (κ1) is 34.1. The van der Waals surface area contributed by atoms with Gasteiger partial charge in [0.2, 0.25) is 5.69 Å². The summed E-state index contributed by atoms with van der Waals surface area (Å²) >= 11 is 0. The lowest BCUT2D eigenvalue weighted by molar-refractivity contribution is -0.701. The monoisotopic (exact) mass is 632 g/mol. The number of hydrogen-bond donors (Lipinski definition) is 1. The Kier molecular flexibility index (Phi) is 20.2. The lowest BCUT2D eigenvalue weighted by Gasteiger charge is -2.36. The fraction of sp³-hybridized carbons (Fsp3) is 0.800. The molecule has 0 aliphatic carbocycles. The van der Waals surface area contributed by atoms with Crippen molar-refractivity contribution < 1.29 is 47.5 Å². The molecule has 1 aliphatic rings. The van der Waals surface area contributed by atoms with E-state index in [2.05, 4.69) is 29.8 Å². The van der Waals surface area contributed by atoms with Gasteiger partial charge in [-0.25, -0.2) is 9.36 Å². The van der Waals surface area contributed by atoms with E-state index in [-0.39, 0.29) is 36.2 Å². The van der Waals surface area contributed by atoms with E-state index in [1.165, 1.54) is 90.6 Å². The first-order chi connectivity index (χ1) is 17.7. The van der Waals surface area contributed by atoms with Crippen molar-refractivity contribution in [2.45, 2.75) is 135 Å². The number of halogens is 1. The Balaban J connectivity index is 0.00000684. The summed E-state index contributed by atoms with van der Waals surface area (Å²) in [6, 6.07) is 4.14. The Labute approximate surface area is 243 Å². The Morgan fingerprint density at radius 1 is 0.973 bits per heavy atom. The van der Waals surface area contributed by atoms with Crippen LogP contribution in [0, 0.1) is 0 Å². The van der Waals surface area contributed by atoms with E-state index in [0.717, 1.165) is 37.3 Å². The molecule has 0 spiro atoms. The number of aryl methyl sites for hydroxylation is 1. The molecule has 2 rings (SSSR count). The number of hydrogen-bond acceptors (Lipinski definition) is 4. The molecule has 0 aromatic carbocycles. The van der Waals surface area contributed by atoms with E-state index in [4.69, 9.17) is 14.2 Å². The van der Waals surface area contributed by atoms with Crippen LogP contribution in [0.3, 0.4) is 0 Å². The summed E-state index contributed by atoms with van der Waals surface area (Å²) in [5, 5.41) is 2.80. The minimum atomic E-state index is -0.420. The van der Waals surface area contributed by atoms with Crippen molar-refractivity contribution in [3.8, 4) is 0 Å². The Bertz CT molecular complexity index is 713. The highest BCUT2D eigenvalue weighted by Crippen LogP contribution is 2.36. The topological polar surface area (TPSA) is 60.7 Å². The third kappa shape index (κ3) is 14.1. The highest BCUT2D eigenvalue weighted by Gasteiger charge is 2.35. The van der Waals surface area contributed by atoms with Crippen molar-refractivity contribution in [1.82, 2.24) is 5.32 Å². The molecule has 1 fully saturated rings. The number of carbonyl (C=O) groups excluding carboxylic acids is 1. The third-order valence-electron chi connectivity index (χ3n) is 7.27. The van der Waals surface area contributed by atoms with Gasteiger partial charge in [0.15, 0.2) is 6.20 Å². The second-order valence-corrected chi connectivity index (χ2v) is 10.2. The Morgan fingerprint density at radius 2 is 1.54 bits per heavy atom. The number of nitrogens with one attached hydrogen (secondary N) is 1. The van der Waals surface area contributed by atoms with E-state index in [1.54, 1.807) is 0 Å². The van der Waals surface area contributed by atoms with E-state index in [1.807, 2.05) is 12.3 Å². The molecule has 0 saturated carbocycles. The molecule has 37 heavy (non-hydrogen) atoms. The maximum absolute atomic E-state index is 11.5. The maximum atomic E-state index is 11.5.